The van der Waals surface area contributed by atoms with Crippen molar-refractivity contribution in [2.75, 3.05) is 6.61 Å². The minimum atomic E-state index is -1.75. The lowest BCUT2D eigenvalue weighted by Crippen LogP contribution is -2.61. The topological polar surface area (TPSA) is 141 Å². The van der Waals surface area contributed by atoms with Crippen molar-refractivity contribution in [3.8, 4) is 0 Å². The lowest BCUT2D eigenvalue weighted by Gasteiger charge is -2.50. The summed E-state index contributed by atoms with van der Waals surface area (Å²) >= 11 is 0. The quantitative estimate of drug-likeness (QED) is 0.357. The van der Waals surface area contributed by atoms with Crippen molar-refractivity contribution in [2.45, 2.75) is 84.0 Å². The largest absolute Gasteiger partial charge is 0.481 e. The van der Waals surface area contributed by atoms with Gasteiger partial charge in [-0.25, -0.2) is 0 Å². The van der Waals surface area contributed by atoms with Gasteiger partial charge in [0.25, 0.3) is 0 Å². The average Bonchev–Trinajstić information content (AvgIpc) is 3.12. The second-order valence-electron chi connectivity index (χ2n) is 11.1. The zero-order chi connectivity index (χ0) is 25.9. The van der Waals surface area contributed by atoms with Crippen molar-refractivity contribution in [1.29, 1.82) is 0 Å². The van der Waals surface area contributed by atoms with Crippen LogP contribution in [-0.4, -0.2) is 61.6 Å². The molecule has 0 spiro atoms. The summed E-state index contributed by atoms with van der Waals surface area (Å²) in [5.74, 6) is -3.13. The van der Waals surface area contributed by atoms with Gasteiger partial charge in [0.1, 0.15) is 11.2 Å². The molecule has 8 nitrogen and oxygen atoms in total. The lowest BCUT2D eigenvalue weighted by atomic mass is 9.60. The van der Waals surface area contributed by atoms with E-state index in [1.54, 1.807) is 13.0 Å². The zero-order valence-electron chi connectivity index (χ0n) is 20.9. The molecule has 0 amide bonds. The molecule has 0 radical (unpaired) electrons. The Kier molecular flexibility index (Phi) is 6.70. The van der Waals surface area contributed by atoms with E-state index in [1.165, 1.54) is 6.92 Å². The van der Waals surface area contributed by atoms with Gasteiger partial charge < -0.3 is 25.2 Å². The Morgan fingerprint density at radius 1 is 1.21 bits per heavy atom. The molecule has 0 aromatic rings. The van der Waals surface area contributed by atoms with E-state index in [4.69, 9.17) is 9.84 Å². The first-order valence-electron chi connectivity index (χ1n) is 12.0. The smallest absolute Gasteiger partial charge is 0.303 e. The summed E-state index contributed by atoms with van der Waals surface area (Å²) in [6.45, 7) is 10.6. The van der Waals surface area contributed by atoms with Crippen LogP contribution < -0.4 is 0 Å². The van der Waals surface area contributed by atoms with Gasteiger partial charge in [-0.2, -0.15) is 0 Å². The molecule has 2 saturated carbocycles. The molecule has 8 heteroatoms. The number of carbonyl (C=O) groups is 3. The van der Waals surface area contributed by atoms with Crippen LogP contribution in [0.1, 0.15) is 67.2 Å². The van der Waals surface area contributed by atoms with E-state index in [0.717, 1.165) is 6.42 Å². The molecule has 34 heavy (non-hydrogen) atoms. The number of carboxylic acid groups (broad SMARTS) is 1. The van der Waals surface area contributed by atoms with Crippen LogP contribution >= 0.6 is 0 Å². The number of rotatable bonds is 4. The molecular weight excluding hydrogens is 440 g/mol. The van der Waals surface area contributed by atoms with E-state index < -0.39 is 34.6 Å². The summed E-state index contributed by atoms with van der Waals surface area (Å²) in [5, 5.41) is 41.3. The average molecular weight is 479 g/mol. The first-order valence-corrected chi connectivity index (χ1v) is 12.0. The zero-order valence-corrected chi connectivity index (χ0v) is 20.9. The number of aliphatic carboxylic acids is 1. The third-order valence-corrected chi connectivity index (χ3v) is 8.66. The number of fused-ring (bicyclic) bond motifs is 5. The number of ketones is 1. The first kappa shape index (κ1) is 26.6. The van der Waals surface area contributed by atoms with Crippen LogP contribution in [0.3, 0.4) is 0 Å². The molecular formula is C26H38O8. The number of esters is 1. The second-order valence-corrected chi connectivity index (χ2v) is 11.1. The Morgan fingerprint density at radius 3 is 2.29 bits per heavy atom. The van der Waals surface area contributed by atoms with E-state index >= 15 is 0 Å². The number of aliphatic hydroxyl groups is 3. The SMILES string of the molecule is CC(=O)O[C@@]12C[C@@H](C)[C@@]3(O)[C@@H](C=C(CO)C[C@]4(O)C(=O)C(C)=C[C@@H]34)[C@@H]1C2(C)C.CCCC(=O)O. The van der Waals surface area contributed by atoms with E-state index in [9.17, 15) is 29.7 Å². The number of Topliss-reactive ketones (excluding diaryl/α,β-unsaturated/α-hetero) is 1. The van der Waals surface area contributed by atoms with E-state index in [0.29, 0.717) is 24.0 Å². The molecule has 0 aromatic heterocycles. The summed E-state index contributed by atoms with van der Waals surface area (Å²) in [5.41, 5.74) is -3.19. The highest BCUT2D eigenvalue weighted by Gasteiger charge is 2.83. The number of carboxylic acids is 1. The molecule has 4 aliphatic rings. The van der Waals surface area contributed by atoms with Crippen molar-refractivity contribution >= 4 is 17.7 Å². The fourth-order valence-electron chi connectivity index (χ4n) is 7.07. The van der Waals surface area contributed by atoms with Crippen molar-refractivity contribution < 1.29 is 39.5 Å². The molecule has 0 heterocycles. The molecule has 190 valence electrons. The molecule has 0 aliphatic heterocycles. The van der Waals surface area contributed by atoms with E-state index in [2.05, 4.69) is 0 Å². The Balaban J connectivity index is 0.000000481. The third kappa shape index (κ3) is 3.65. The summed E-state index contributed by atoms with van der Waals surface area (Å²) in [4.78, 5) is 34.3. The standard InChI is InChI=1S/C22H30O6.C4H8O2/c1-11-6-16-20(26,18(11)25)9-14(10-23)7-15-17-19(4,5)21(17,28-13(3)24)8-12(2)22(15,16)27;1-2-3-4(5)6/h6-7,12,15-17,23,26-27H,8-10H2,1-5H3;2-3H2,1H3,(H,5,6)/t12-,15+,16-,17-,20-,21+,22-;/m1./s1. The lowest BCUT2D eigenvalue weighted by molar-refractivity contribution is -0.186. The van der Waals surface area contributed by atoms with Gasteiger partial charge in [0.2, 0.25) is 0 Å². The van der Waals surface area contributed by atoms with Crippen molar-refractivity contribution in [1.82, 2.24) is 0 Å². The van der Waals surface area contributed by atoms with Gasteiger partial charge in [0, 0.05) is 42.9 Å². The molecule has 0 aromatic carbocycles. The van der Waals surface area contributed by atoms with Crippen LogP contribution in [0, 0.1) is 29.1 Å². The number of hydrogen-bond acceptors (Lipinski definition) is 7. The Bertz CT molecular complexity index is 948. The number of carbonyl (C=O) groups excluding carboxylic acids is 2. The highest BCUT2D eigenvalue weighted by atomic mass is 16.6. The van der Waals surface area contributed by atoms with Crippen LogP contribution in [-0.2, 0) is 19.1 Å². The van der Waals surface area contributed by atoms with Crippen LogP contribution in [0.2, 0.25) is 0 Å². The highest BCUT2D eigenvalue weighted by Crippen LogP contribution is 2.76. The highest BCUT2D eigenvalue weighted by molar-refractivity contribution is 6.04. The normalized spacial score (nSPS) is 41.4. The maximum Gasteiger partial charge on any atom is 0.303 e. The Morgan fingerprint density at radius 2 is 1.82 bits per heavy atom. The predicted molar refractivity (Wildman–Crippen MR) is 124 cm³/mol. The van der Waals surface area contributed by atoms with Crippen LogP contribution in [0.25, 0.3) is 0 Å². The molecule has 4 rings (SSSR count). The van der Waals surface area contributed by atoms with Crippen LogP contribution in [0.4, 0.5) is 0 Å². The molecule has 0 saturated heterocycles. The third-order valence-electron chi connectivity index (χ3n) is 8.66. The molecule has 7 atom stereocenters. The summed E-state index contributed by atoms with van der Waals surface area (Å²) in [6, 6.07) is 0. The summed E-state index contributed by atoms with van der Waals surface area (Å²) in [6.07, 6.45) is 5.02. The van der Waals surface area contributed by atoms with Gasteiger partial charge in [-0.1, -0.05) is 39.8 Å². The molecule has 4 N–H and O–H groups in total. The van der Waals surface area contributed by atoms with Gasteiger partial charge in [0.05, 0.1) is 12.2 Å². The summed E-state index contributed by atoms with van der Waals surface area (Å²) < 4.78 is 5.83. The minimum absolute atomic E-state index is 0.0000834. The minimum Gasteiger partial charge on any atom is -0.481 e. The van der Waals surface area contributed by atoms with Crippen molar-refractivity contribution in [3.05, 3.63) is 23.3 Å². The summed E-state index contributed by atoms with van der Waals surface area (Å²) in [7, 11) is 0. The fraction of sp³-hybridized carbons (Fsp3) is 0.731. The monoisotopic (exact) mass is 478 g/mol. The van der Waals surface area contributed by atoms with Crippen molar-refractivity contribution in [2.24, 2.45) is 29.1 Å². The van der Waals surface area contributed by atoms with Gasteiger partial charge in [0.15, 0.2) is 5.78 Å². The van der Waals surface area contributed by atoms with Gasteiger partial charge in [-0.3, -0.25) is 14.4 Å². The van der Waals surface area contributed by atoms with Gasteiger partial charge >= 0.3 is 11.9 Å². The van der Waals surface area contributed by atoms with Gasteiger partial charge in [-0.05, 0) is 36.8 Å². The number of hydrogen-bond donors (Lipinski definition) is 4. The number of aliphatic hydroxyl groups excluding tert-OH is 1. The maximum absolute atomic E-state index is 12.8. The molecule has 2 fully saturated rings. The predicted octanol–water partition coefficient (Wildman–Crippen LogP) is 2.40. The Labute approximate surface area is 200 Å². The molecule has 0 bridgehead atoms. The van der Waals surface area contributed by atoms with Crippen LogP contribution in [0.15, 0.2) is 23.3 Å². The molecule has 4 aliphatic carbocycles. The number of ether oxygens (including phenoxy) is 1. The van der Waals surface area contributed by atoms with Gasteiger partial charge in [-0.15, -0.1) is 0 Å². The van der Waals surface area contributed by atoms with E-state index in [1.807, 2.05) is 33.8 Å². The van der Waals surface area contributed by atoms with E-state index in [-0.39, 0.29) is 42.0 Å². The second kappa shape index (κ2) is 8.57. The van der Waals surface area contributed by atoms with Crippen LogP contribution in [0.5, 0.6) is 0 Å². The van der Waals surface area contributed by atoms with Crippen molar-refractivity contribution in [3.63, 3.8) is 0 Å². The first-order chi connectivity index (χ1) is 15.6. The maximum atomic E-state index is 12.8. The fourth-order valence-corrected chi connectivity index (χ4v) is 7.07. The molecule has 0 unspecified atom stereocenters. The Hall–Kier alpha value is -2.03.